The lowest BCUT2D eigenvalue weighted by atomic mass is 10.1. The first kappa shape index (κ1) is 17.7. The highest BCUT2D eigenvalue weighted by Gasteiger charge is 2.30. The number of hydrogen-bond donors (Lipinski definition) is 2. The molecule has 134 valence electrons. The summed E-state index contributed by atoms with van der Waals surface area (Å²) in [5.74, 6) is 0.526. The molecule has 1 aromatic heterocycles. The molecule has 0 bridgehead atoms. The van der Waals surface area contributed by atoms with Crippen LogP contribution in [-0.4, -0.2) is 15.2 Å². The Kier molecular flexibility index (Phi) is 5.01. The van der Waals surface area contributed by atoms with E-state index in [0.717, 1.165) is 24.2 Å². The monoisotopic (exact) mass is 359 g/mol. The fourth-order valence-electron chi connectivity index (χ4n) is 2.29. The predicted molar refractivity (Wildman–Crippen MR) is 93.7 cm³/mol. The number of nitrogens with zero attached hydrogens (tertiary/aromatic N) is 3. The Morgan fingerprint density at radius 1 is 0.962 bits per heavy atom. The van der Waals surface area contributed by atoms with Gasteiger partial charge in [-0.1, -0.05) is 25.1 Å². The molecule has 0 fully saturated rings. The number of nitrogens with one attached hydrogen (secondary N) is 2. The molecule has 2 aromatic carbocycles. The highest BCUT2D eigenvalue weighted by Crippen LogP contribution is 2.31. The van der Waals surface area contributed by atoms with Gasteiger partial charge in [-0.05, 0) is 42.3 Å². The number of hydrogen-bond acceptors (Lipinski definition) is 5. The largest absolute Gasteiger partial charge is 0.416 e. The van der Waals surface area contributed by atoms with Gasteiger partial charge < -0.3 is 10.6 Å². The van der Waals surface area contributed by atoms with Crippen molar-refractivity contribution in [3.8, 4) is 0 Å². The van der Waals surface area contributed by atoms with Crippen molar-refractivity contribution in [2.45, 2.75) is 19.5 Å². The topological polar surface area (TPSA) is 62.7 Å². The Morgan fingerprint density at radius 3 is 2.42 bits per heavy atom. The van der Waals surface area contributed by atoms with E-state index in [1.54, 1.807) is 0 Å². The van der Waals surface area contributed by atoms with Crippen molar-refractivity contribution in [1.82, 2.24) is 15.2 Å². The summed E-state index contributed by atoms with van der Waals surface area (Å²) in [7, 11) is 0. The van der Waals surface area contributed by atoms with Gasteiger partial charge in [0.15, 0.2) is 5.82 Å². The van der Waals surface area contributed by atoms with Crippen LogP contribution in [0.2, 0.25) is 0 Å². The van der Waals surface area contributed by atoms with Gasteiger partial charge in [-0.25, -0.2) is 0 Å². The minimum absolute atomic E-state index is 0.0968. The first-order valence-electron chi connectivity index (χ1n) is 7.94. The molecule has 8 heteroatoms. The molecule has 0 unspecified atom stereocenters. The molecule has 1 heterocycles. The van der Waals surface area contributed by atoms with Crippen LogP contribution < -0.4 is 10.6 Å². The van der Waals surface area contributed by atoms with Crippen LogP contribution in [0.4, 0.5) is 36.3 Å². The number of aryl methyl sites for hydroxylation is 1. The molecule has 0 saturated carbocycles. The molecule has 0 saturated heterocycles. The van der Waals surface area contributed by atoms with E-state index in [9.17, 15) is 13.2 Å². The normalized spacial score (nSPS) is 11.2. The van der Waals surface area contributed by atoms with Gasteiger partial charge in [0.2, 0.25) is 5.95 Å². The third-order valence-corrected chi connectivity index (χ3v) is 3.64. The van der Waals surface area contributed by atoms with Gasteiger partial charge in [-0.3, -0.25) is 0 Å². The van der Waals surface area contributed by atoms with Crippen LogP contribution >= 0.6 is 0 Å². The summed E-state index contributed by atoms with van der Waals surface area (Å²) in [6.07, 6.45) is -2.03. The molecule has 26 heavy (non-hydrogen) atoms. The summed E-state index contributed by atoms with van der Waals surface area (Å²) >= 11 is 0. The second-order valence-electron chi connectivity index (χ2n) is 5.54. The fourth-order valence-corrected chi connectivity index (χ4v) is 2.29. The summed E-state index contributed by atoms with van der Waals surface area (Å²) in [4.78, 5) is 4.22. The molecule has 3 rings (SSSR count). The van der Waals surface area contributed by atoms with E-state index < -0.39 is 11.7 Å². The van der Waals surface area contributed by atoms with Crippen molar-refractivity contribution in [3.63, 3.8) is 0 Å². The van der Waals surface area contributed by atoms with E-state index in [0.29, 0.717) is 5.82 Å². The summed E-state index contributed by atoms with van der Waals surface area (Å²) < 4.78 is 38.4. The molecular formula is C18H16F3N5. The minimum Gasteiger partial charge on any atom is -0.339 e. The van der Waals surface area contributed by atoms with Crippen LogP contribution in [0.3, 0.4) is 0 Å². The van der Waals surface area contributed by atoms with Crippen molar-refractivity contribution in [1.29, 1.82) is 0 Å². The Bertz CT molecular complexity index is 878. The van der Waals surface area contributed by atoms with Crippen molar-refractivity contribution in [2.24, 2.45) is 0 Å². The number of alkyl halides is 3. The second kappa shape index (κ2) is 7.38. The maximum absolute atomic E-state index is 12.8. The number of anilines is 4. The van der Waals surface area contributed by atoms with Crippen LogP contribution in [0.1, 0.15) is 18.1 Å². The average Bonchev–Trinajstić information content (AvgIpc) is 2.62. The fraction of sp³-hybridized carbons (Fsp3) is 0.167. The van der Waals surface area contributed by atoms with Crippen molar-refractivity contribution >= 4 is 23.1 Å². The molecule has 0 amide bonds. The van der Waals surface area contributed by atoms with Crippen LogP contribution in [0.15, 0.2) is 54.7 Å². The number of rotatable bonds is 5. The van der Waals surface area contributed by atoms with Crippen molar-refractivity contribution in [3.05, 3.63) is 65.9 Å². The number of aromatic nitrogens is 3. The first-order valence-corrected chi connectivity index (χ1v) is 7.94. The van der Waals surface area contributed by atoms with Crippen molar-refractivity contribution in [2.75, 3.05) is 10.6 Å². The molecule has 0 aliphatic rings. The molecule has 5 nitrogen and oxygen atoms in total. The summed E-state index contributed by atoms with van der Waals surface area (Å²) in [6.45, 7) is 2.07. The van der Waals surface area contributed by atoms with E-state index in [-0.39, 0.29) is 11.6 Å². The molecule has 0 aliphatic heterocycles. The smallest absolute Gasteiger partial charge is 0.339 e. The SMILES string of the molecule is CCc1ccc(Nc2cnnc(Nc3cccc(C(F)(F)F)c3)n2)cc1. The van der Waals surface area contributed by atoms with Crippen molar-refractivity contribution < 1.29 is 13.2 Å². The molecule has 3 aromatic rings. The number of halogens is 3. The lowest BCUT2D eigenvalue weighted by Crippen LogP contribution is -2.06. The maximum atomic E-state index is 12.8. The Balaban J connectivity index is 1.75. The van der Waals surface area contributed by atoms with Crippen LogP contribution in [-0.2, 0) is 12.6 Å². The van der Waals surface area contributed by atoms with Crippen LogP contribution in [0.5, 0.6) is 0 Å². The highest BCUT2D eigenvalue weighted by atomic mass is 19.4. The molecule has 0 radical (unpaired) electrons. The van der Waals surface area contributed by atoms with Crippen LogP contribution in [0, 0.1) is 0 Å². The highest BCUT2D eigenvalue weighted by molar-refractivity contribution is 5.59. The quantitative estimate of drug-likeness (QED) is 0.676. The summed E-state index contributed by atoms with van der Waals surface area (Å²) in [5, 5.41) is 13.4. The van der Waals surface area contributed by atoms with E-state index in [1.807, 2.05) is 24.3 Å². The standard InChI is InChI=1S/C18H16F3N5/c1-2-12-6-8-14(9-7-12)23-16-11-22-26-17(25-16)24-15-5-3-4-13(10-15)18(19,20)21/h3-11H,2H2,1H3,(H2,23,24,25,26). The molecule has 0 atom stereocenters. The zero-order valence-corrected chi connectivity index (χ0v) is 13.9. The summed E-state index contributed by atoms with van der Waals surface area (Å²) in [5.41, 5.74) is 1.52. The van der Waals surface area contributed by atoms with Gasteiger partial charge in [0.1, 0.15) is 0 Å². The van der Waals surface area contributed by atoms with Gasteiger partial charge in [0, 0.05) is 11.4 Å². The van der Waals surface area contributed by atoms with E-state index >= 15 is 0 Å². The molecule has 2 N–H and O–H groups in total. The zero-order chi connectivity index (χ0) is 18.6. The number of benzene rings is 2. The Morgan fingerprint density at radius 2 is 1.73 bits per heavy atom. The lowest BCUT2D eigenvalue weighted by molar-refractivity contribution is -0.137. The molecular weight excluding hydrogens is 343 g/mol. The molecule has 0 spiro atoms. The van der Waals surface area contributed by atoms with Gasteiger partial charge in [-0.15, -0.1) is 5.10 Å². The van der Waals surface area contributed by atoms with E-state index in [2.05, 4.69) is 32.7 Å². The van der Waals surface area contributed by atoms with Crippen LogP contribution in [0.25, 0.3) is 0 Å². The first-order chi connectivity index (χ1) is 12.4. The van der Waals surface area contributed by atoms with E-state index in [4.69, 9.17) is 0 Å². The maximum Gasteiger partial charge on any atom is 0.416 e. The Hall–Kier alpha value is -3.16. The predicted octanol–water partition coefficient (Wildman–Crippen LogP) is 4.94. The zero-order valence-electron chi connectivity index (χ0n) is 13.9. The summed E-state index contributed by atoms with van der Waals surface area (Å²) in [6, 6.07) is 12.6. The third kappa shape index (κ3) is 4.47. The van der Waals surface area contributed by atoms with Gasteiger partial charge in [0.05, 0.1) is 11.8 Å². The minimum atomic E-state index is -4.41. The van der Waals surface area contributed by atoms with Gasteiger partial charge in [-0.2, -0.15) is 23.3 Å². The second-order valence-corrected chi connectivity index (χ2v) is 5.54. The van der Waals surface area contributed by atoms with Gasteiger partial charge >= 0.3 is 6.18 Å². The van der Waals surface area contributed by atoms with E-state index in [1.165, 1.54) is 23.9 Å². The lowest BCUT2D eigenvalue weighted by Gasteiger charge is -2.10. The average molecular weight is 359 g/mol. The molecule has 0 aliphatic carbocycles. The van der Waals surface area contributed by atoms with Gasteiger partial charge in [0.25, 0.3) is 0 Å². The third-order valence-electron chi connectivity index (χ3n) is 3.64. The Labute approximate surface area is 148 Å².